The van der Waals surface area contributed by atoms with E-state index >= 15 is 0 Å². The summed E-state index contributed by atoms with van der Waals surface area (Å²) in [6.45, 7) is 2.64. The van der Waals surface area contributed by atoms with Crippen molar-refractivity contribution in [2.24, 2.45) is 5.92 Å². The van der Waals surface area contributed by atoms with Gasteiger partial charge in [0.15, 0.2) is 0 Å². The number of piperazine rings is 1. The molecule has 1 aromatic rings. The van der Waals surface area contributed by atoms with Gasteiger partial charge in [0, 0.05) is 38.8 Å². The highest BCUT2D eigenvalue weighted by molar-refractivity contribution is 7.89. The molecule has 6 nitrogen and oxygen atoms in total. The molecule has 4 rings (SSSR count). The second-order valence-corrected chi connectivity index (χ2v) is 10.3. The number of hydrogen-bond acceptors (Lipinski definition) is 4. The van der Waals surface area contributed by atoms with Gasteiger partial charge in [0.25, 0.3) is 0 Å². The number of carbonyl (C=O) groups excluding carboxylic acids is 1. The summed E-state index contributed by atoms with van der Waals surface area (Å²) < 4.78 is 40.2. The Morgan fingerprint density at radius 1 is 1.14 bits per heavy atom. The van der Waals surface area contributed by atoms with Crippen LogP contribution in [-0.2, 0) is 14.8 Å². The minimum absolute atomic E-state index is 0.0250. The fourth-order valence-corrected chi connectivity index (χ4v) is 5.35. The fraction of sp³-hybridized carbons (Fsp3) is 0.632. The average Bonchev–Trinajstić information content (AvgIpc) is 3.57. The van der Waals surface area contributed by atoms with Crippen molar-refractivity contribution in [1.82, 2.24) is 14.1 Å². The van der Waals surface area contributed by atoms with Crippen LogP contribution in [0, 0.1) is 11.7 Å². The molecular formula is C19H25ClFN3O3S. The molecule has 2 saturated carbocycles. The number of benzene rings is 1. The van der Waals surface area contributed by atoms with Gasteiger partial charge in [-0.15, -0.1) is 0 Å². The second-order valence-electron chi connectivity index (χ2n) is 7.96. The summed E-state index contributed by atoms with van der Waals surface area (Å²) in [5, 5.41) is -0.217. The molecule has 1 heterocycles. The number of halogens is 2. The van der Waals surface area contributed by atoms with E-state index in [1.807, 2.05) is 0 Å². The first-order chi connectivity index (χ1) is 13.3. The summed E-state index contributed by atoms with van der Waals surface area (Å²) in [5.41, 5.74) is 0. The fourth-order valence-electron chi connectivity index (χ4n) is 3.65. The molecule has 1 aromatic carbocycles. The third-order valence-electron chi connectivity index (χ3n) is 5.71. The van der Waals surface area contributed by atoms with E-state index in [1.54, 1.807) is 4.90 Å². The number of nitrogens with zero attached hydrogens (tertiary/aromatic N) is 3. The van der Waals surface area contributed by atoms with E-state index in [2.05, 4.69) is 4.90 Å². The molecule has 2 aliphatic carbocycles. The smallest absolute Gasteiger partial charge is 0.243 e. The number of amides is 1. The first-order valence-electron chi connectivity index (χ1n) is 9.81. The predicted molar refractivity (Wildman–Crippen MR) is 104 cm³/mol. The molecule has 1 saturated heterocycles. The molecule has 1 aliphatic heterocycles. The van der Waals surface area contributed by atoms with Gasteiger partial charge in [-0.2, -0.15) is 4.31 Å². The van der Waals surface area contributed by atoms with Crippen molar-refractivity contribution in [1.29, 1.82) is 0 Å². The van der Waals surface area contributed by atoms with Crippen LogP contribution in [0.4, 0.5) is 4.39 Å². The van der Waals surface area contributed by atoms with Crippen LogP contribution in [0.3, 0.4) is 0 Å². The molecule has 0 bridgehead atoms. The SMILES string of the molecule is O=C(CN(CC1CC1)C1CC1)N1CCN(S(=O)(=O)c2ccc(F)c(Cl)c2)CC1. The van der Waals surface area contributed by atoms with Crippen LogP contribution in [0.2, 0.25) is 5.02 Å². The van der Waals surface area contributed by atoms with Crippen molar-refractivity contribution in [2.45, 2.75) is 36.6 Å². The van der Waals surface area contributed by atoms with E-state index < -0.39 is 15.8 Å². The molecule has 154 valence electrons. The Bertz CT molecular complexity index is 850. The highest BCUT2D eigenvalue weighted by Crippen LogP contribution is 2.34. The highest BCUT2D eigenvalue weighted by atomic mass is 35.5. The zero-order chi connectivity index (χ0) is 19.9. The zero-order valence-electron chi connectivity index (χ0n) is 15.7. The minimum Gasteiger partial charge on any atom is -0.339 e. The average molecular weight is 430 g/mol. The lowest BCUT2D eigenvalue weighted by Gasteiger charge is -2.35. The zero-order valence-corrected chi connectivity index (χ0v) is 17.3. The molecule has 0 unspecified atom stereocenters. The number of sulfonamides is 1. The van der Waals surface area contributed by atoms with Crippen molar-refractivity contribution in [3.63, 3.8) is 0 Å². The third kappa shape index (κ3) is 4.50. The standard InChI is InChI=1S/C19H25ClFN3O3S/c20-17-11-16(5-6-18(17)21)28(26,27)24-9-7-22(8-10-24)19(25)13-23(15-3-4-15)12-14-1-2-14/h5-6,11,14-15H,1-4,7-10,12-13H2. The molecular weight excluding hydrogens is 405 g/mol. The number of hydrogen-bond donors (Lipinski definition) is 0. The lowest BCUT2D eigenvalue weighted by molar-refractivity contribution is -0.133. The van der Waals surface area contributed by atoms with E-state index in [4.69, 9.17) is 11.6 Å². The molecule has 28 heavy (non-hydrogen) atoms. The summed E-state index contributed by atoms with van der Waals surface area (Å²) in [6, 6.07) is 3.96. The van der Waals surface area contributed by atoms with Crippen molar-refractivity contribution >= 4 is 27.5 Å². The van der Waals surface area contributed by atoms with Gasteiger partial charge in [-0.25, -0.2) is 12.8 Å². The van der Waals surface area contributed by atoms with Crippen molar-refractivity contribution in [3.05, 3.63) is 29.0 Å². The summed E-state index contributed by atoms with van der Waals surface area (Å²) >= 11 is 5.73. The van der Waals surface area contributed by atoms with Crippen LogP contribution in [-0.4, -0.2) is 73.7 Å². The lowest BCUT2D eigenvalue weighted by Crippen LogP contribution is -2.52. The van der Waals surface area contributed by atoms with Crippen LogP contribution < -0.4 is 0 Å². The summed E-state index contributed by atoms with van der Waals surface area (Å²) in [5.74, 6) is 0.176. The van der Waals surface area contributed by atoms with Gasteiger partial charge in [-0.3, -0.25) is 9.69 Å². The Morgan fingerprint density at radius 3 is 2.39 bits per heavy atom. The normalized spacial score (nSPS) is 21.3. The maximum absolute atomic E-state index is 13.3. The van der Waals surface area contributed by atoms with Gasteiger partial charge in [-0.05, 0) is 49.8 Å². The summed E-state index contributed by atoms with van der Waals surface area (Å²) in [7, 11) is -3.75. The Kier molecular flexibility index (Phi) is 5.66. The maximum Gasteiger partial charge on any atom is 0.243 e. The van der Waals surface area contributed by atoms with Gasteiger partial charge in [0.05, 0.1) is 16.5 Å². The third-order valence-corrected chi connectivity index (χ3v) is 7.90. The van der Waals surface area contributed by atoms with Gasteiger partial charge in [0.2, 0.25) is 15.9 Å². The van der Waals surface area contributed by atoms with Crippen LogP contribution in [0.25, 0.3) is 0 Å². The van der Waals surface area contributed by atoms with Gasteiger partial charge < -0.3 is 4.90 Å². The van der Waals surface area contributed by atoms with Gasteiger partial charge in [0.1, 0.15) is 5.82 Å². The van der Waals surface area contributed by atoms with Crippen LogP contribution >= 0.6 is 11.6 Å². The first kappa shape index (κ1) is 20.1. The van der Waals surface area contributed by atoms with Crippen molar-refractivity contribution in [2.75, 3.05) is 39.3 Å². The van der Waals surface area contributed by atoms with Crippen LogP contribution in [0.5, 0.6) is 0 Å². The van der Waals surface area contributed by atoms with E-state index in [1.165, 1.54) is 36.1 Å². The van der Waals surface area contributed by atoms with E-state index in [-0.39, 0.29) is 28.9 Å². The van der Waals surface area contributed by atoms with Gasteiger partial charge in [-0.1, -0.05) is 11.6 Å². The number of rotatable bonds is 7. The molecule has 9 heteroatoms. The van der Waals surface area contributed by atoms with Crippen LogP contribution in [0.1, 0.15) is 25.7 Å². The van der Waals surface area contributed by atoms with Crippen LogP contribution in [0.15, 0.2) is 23.1 Å². The van der Waals surface area contributed by atoms with Gasteiger partial charge >= 0.3 is 0 Å². The van der Waals surface area contributed by atoms with Crippen molar-refractivity contribution < 1.29 is 17.6 Å². The molecule has 3 aliphatic rings. The van der Waals surface area contributed by atoms with Crippen molar-refractivity contribution in [3.8, 4) is 0 Å². The molecule has 0 atom stereocenters. The second kappa shape index (κ2) is 7.89. The topological polar surface area (TPSA) is 60.9 Å². The summed E-state index contributed by atoms with van der Waals surface area (Å²) in [4.78, 5) is 16.7. The lowest BCUT2D eigenvalue weighted by atomic mass is 10.3. The predicted octanol–water partition coefficient (Wildman–Crippen LogP) is 2.19. The molecule has 1 amide bonds. The highest BCUT2D eigenvalue weighted by Gasteiger charge is 2.36. The molecule has 3 fully saturated rings. The monoisotopic (exact) mass is 429 g/mol. The largest absolute Gasteiger partial charge is 0.339 e. The first-order valence-corrected chi connectivity index (χ1v) is 11.6. The minimum atomic E-state index is -3.75. The van der Waals surface area contributed by atoms with E-state index in [9.17, 15) is 17.6 Å². The van der Waals surface area contributed by atoms with E-state index in [0.717, 1.165) is 24.6 Å². The molecule has 0 radical (unpaired) electrons. The Hall–Kier alpha value is -1.22. The molecule has 0 aromatic heterocycles. The number of carbonyl (C=O) groups is 1. The Labute approximate surface area is 170 Å². The maximum atomic E-state index is 13.3. The van der Waals surface area contributed by atoms with E-state index in [0.29, 0.717) is 25.7 Å². The summed E-state index contributed by atoms with van der Waals surface area (Å²) in [6.07, 6.45) is 4.88. The molecule has 0 N–H and O–H groups in total. The quantitative estimate of drug-likeness (QED) is 0.666. The Balaban J connectivity index is 1.34. The molecule has 0 spiro atoms. The Morgan fingerprint density at radius 2 is 1.82 bits per heavy atom.